The number of ether oxygens (including phenoxy) is 1. The van der Waals surface area contributed by atoms with E-state index in [9.17, 15) is 14.0 Å². The van der Waals surface area contributed by atoms with E-state index in [1.807, 2.05) is 51.1 Å². The first kappa shape index (κ1) is 28.0. The molecule has 8 nitrogen and oxygen atoms in total. The highest BCUT2D eigenvalue weighted by molar-refractivity contribution is 9.10. The van der Waals surface area contributed by atoms with Crippen molar-refractivity contribution < 1.29 is 13.9 Å². The first-order valence-electron chi connectivity index (χ1n) is 13.0. The summed E-state index contributed by atoms with van der Waals surface area (Å²) in [6.07, 6.45) is 2.23. The van der Waals surface area contributed by atoms with Crippen LogP contribution in [0.15, 0.2) is 87.2 Å². The standard InChI is InChI=1S/C31H27BrFN5O3/c1-4-29-35-27-14-9-22(32)16-25(27)31(40)38(29)34-17-21-15-19(2)37(20(21)3)23-10-12-24(13-11-23)41-18-30(39)36-28-8-6-5-7-26(28)33/h5-17H,4,18H2,1-3H3,(H,36,39). The monoisotopic (exact) mass is 615 g/mol. The Morgan fingerprint density at radius 3 is 2.59 bits per heavy atom. The van der Waals surface area contributed by atoms with E-state index in [0.29, 0.717) is 28.9 Å². The number of benzene rings is 3. The van der Waals surface area contributed by atoms with Crippen molar-refractivity contribution in [3.63, 3.8) is 0 Å². The number of hydrogen-bond acceptors (Lipinski definition) is 5. The summed E-state index contributed by atoms with van der Waals surface area (Å²) < 4.78 is 23.6. The normalized spacial score (nSPS) is 11.3. The molecular formula is C31H27BrFN5O3. The van der Waals surface area contributed by atoms with Gasteiger partial charge in [0.25, 0.3) is 11.5 Å². The molecule has 0 saturated carbocycles. The van der Waals surface area contributed by atoms with E-state index >= 15 is 0 Å². The van der Waals surface area contributed by atoms with Gasteiger partial charge in [0.2, 0.25) is 0 Å². The fourth-order valence-electron chi connectivity index (χ4n) is 4.57. The average Bonchev–Trinajstić information content (AvgIpc) is 3.25. The Morgan fingerprint density at radius 1 is 1.10 bits per heavy atom. The summed E-state index contributed by atoms with van der Waals surface area (Å²) in [5.41, 5.74) is 4.18. The number of nitrogens with one attached hydrogen (secondary N) is 1. The number of aromatic nitrogens is 3. The van der Waals surface area contributed by atoms with Crippen molar-refractivity contribution in [3.05, 3.63) is 116 Å². The average molecular weight is 616 g/mol. The second-order valence-corrected chi connectivity index (χ2v) is 10.3. The van der Waals surface area contributed by atoms with Crippen LogP contribution in [0.1, 0.15) is 29.7 Å². The van der Waals surface area contributed by atoms with Crippen molar-refractivity contribution in [2.45, 2.75) is 27.2 Å². The van der Waals surface area contributed by atoms with Gasteiger partial charge in [-0.05, 0) is 74.5 Å². The molecule has 0 atom stereocenters. The molecular weight excluding hydrogens is 589 g/mol. The molecule has 0 aliphatic carbocycles. The number of hydrogen-bond donors (Lipinski definition) is 1. The number of halogens is 2. The fourth-order valence-corrected chi connectivity index (χ4v) is 4.93. The zero-order valence-electron chi connectivity index (χ0n) is 22.7. The molecule has 5 rings (SSSR count). The number of para-hydroxylation sites is 1. The SMILES string of the molecule is CCc1nc2ccc(Br)cc2c(=O)n1N=Cc1cc(C)n(-c2ccc(OCC(=O)Nc3ccccc3F)cc2)c1C. The summed E-state index contributed by atoms with van der Waals surface area (Å²) >= 11 is 3.42. The third-order valence-corrected chi connectivity index (χ3v) is 7.08. The van der Waals surface area contributed by atoms with Gasteiger partial charge in [0.1, 0.15) is 17.4 Å². The number of rotatable bonds is 8. The summed E-state index contributed by atoms with van der Waals surface area (Å²) in [7, 11) is 0. The van der Waals surface area contributed by atoms with Gasteiger partial charge in [0, 0.05) is 33.5 Å². The van der Waals surface area contributed by atoms with E-state index in [-0.39, 0.29) is 17.9 Å². The van der Waals surface area contributed by atoms with E-state index in [0.717, 1.165) is 27.1 Å². The predicted molar refractivity (Wildman–Crippen MR) is 162 cm³/mol. The highest BCUT2D eigenvalue weighted by Gasteiger charge is 2.13. The van der Waals surface area contributed by atoms with Crippen molar-refractivity contribution >= 4 is 44.6 Å². The zero-order valence-corrected chi connectivity index (χ0v) is 24.3. The third kappa shape index (κ3) is 5.97. The lowest BCUT2D eigenvalue weighted by Gasteiger charge is -2.12. The molecule has 0 aliphatic rings. The molecule has 0 saturated heterocycles. The summed E-state index contributed by atoms with van der Waals surface area (Å²) in [4.78, 5) is 30.0. The van der Waals surface area contributed by atoms with Gasteiger partial charge < -0.3 is 14.6 Å². The van der Waals surface area contributed by atoms with Gasteiger partial charge in [0.05, 0.1) is 22.8 Å². The maximum absolute atomic E-state index is 13.8. The largest absolute Gasteiger partial charge is 0.484 e. The van der Waals surface area contributed by atoms with Crippen molar-refractivity contribution in [2.75, 3.05) is 11.9 Å². The van der Waals surface area contributed by atoms with Crippen LogP contribution < -0.4 is 15.6 Å². The smallest absolute Gasteiger partial charge is 0.282 e. The lowest BCUT2D eigenvalue weighted by Crippen LogP contribution is -2.22. The van der Waals surface area contributed by atoms with Crippen LogP contribution in [0.4, 0.5) is 10.1 Å². The molecule has 1 N–H and O–H groups in total. The molecule has 0 bridgehead atoms. The quantitative estimate of drug-likeness (QED) is 0.211. The van der Waals surface area contributed by atoms with Gasteiger partial charge in [-0.2, -0.15) is 9.78 Å². The molecule has 0 unspecified atom stereocenters. The molecule has 10 heteroatoms. The van der Waals surface area contributed by atoms with Gasteiger partial charge in [-0.15, -0.1) is 0 Å². The second-order valence-electron chi connectivity index (χ2n) is 9.38. The third-order valence-electron chi connectivity index (χ3n) is 6.59. The molecule has 2 heterocycles. The van der Waals surface area contributed by atoms with Crippen molar-refractivity contribution in [3.8, 4) is 11.4 Å². The number of carbonyl (C=O) groups is 1. The van der Waals surface area contributed by atoms with Crippen molar-refractivity contribution in [1.29, 1.82) is 0 Å². The lowest BCUT2D eigenvalue weighted by atomic mass is 10.2. The molecule has 208 valence electrons. The summed E-state index contributed by atoms with van der Waals surface area (Å²) in [5, 5.41) is 7.52. The van der Waals surface area contributed by atoms with E-state index in [4.69, 9.17) is 4.74 Å². The topological polar surface area (TPSA) is 90.5 Å². The Balaban J connectivity index is 1.33. The Bertz CT molecular complexity index is 1840. The van der Waals surface area contributed by atoms with Crippen molar-refractivity contribution in [1.82, 2.24) is 14.2 Å². The first-order valence-corrected chi connectivity index (χ1v) is 13.8. The highest BCUT2D eigenvalue weighted by atomic mass is 79.9. The maximum Gasteiger partial charge on any atom is 0.282 e. The van der Waals surface area contributed by atoms with E-state index in [1.165, 1.54) is 16.8 Å². The minimum atomic E-state index is -0.507. The predicted octanol–water partition coefficient (Wildman–Crippen LogP) is 6.17. The fraction of sp³-hybridized carbons (Fsp3) is 0.161. The lowest BCUT2D eigenvalue weighted by molar-refractivity contribution is -0.118. The van der Waals surface area contributed by atoms with Gasteiger partial charge >= 0.3 is 0 Å². The van der Waals surface area contributed by atoms with E-state index in [1.54, 1.807) is 36.5 Å². The van der Waals surface area contributed by atoms with Crippen LogP contribution in [0.3, 0.4) is 0 Å². The van der Waals surface area contributed by atoms with Gasteiger partial charge in [-0.25, -0.2) is 9.37 Å². The molecule has 41 heavy (non-hydrogen) atoms. The van der Waals surface area contributed by atoms with Gasteiger partial charge in [-0.3, -0.25) is 9.59 Å². The zero-order chi connectivity index (χ0) is 29.1. The molecule has 0 spiro atoms. The summed E-state index contributed by atoms with van der Waals surface area (Å²) in [6, 6.07) is 20.7. The first-order chi connectivity index (χ1) is 19.7. The molecule has 2 aromatic heterocycles. The highest BCUT2D eigenvalue weighted by Crippen LogP contribution is 2.23. The van der Waals surface area contributed by atoms with E-state index < -0.39 is 11.7 Å². The Hall–Kier alpha value is -4.57. The number of amides is 1. The van der Waals surface area contributed by atoms with Crippen LogP contribution in [0.25, 0.3) is 16.6 Å². The number of anilines is 1. The van der Waals surface area contributed by atoms with E-state index in [2.05, 4.69) is 35.9 Å². The molecule has 3 aromatic carbocycles. The minimum Gasteiger partial charge on any atom is -0.484 e. The molecule has 1 amide bonds. The van der Waals surface area contributed by atoms with Crippen LogP contribution in [0.2, 0.25) is 0 Å². The Kier molecular flexibility index (Phi) is 8.11. The van der Waals surface area contributed by atoms with Crippen LogP contribution in [0.5, 0.6) is 5.75 Å². The molecule has 5 aromatic rings. The number of nitrogens with zero attached hydrogens (tertiary/aromatic N) is 4. The number of carbonyl (C=O) groups excluding carboxylic acids is 1. The second kappa shape index (κ2) is 11.9. The van der Waals surface area contributed by atoms with Crippen LogP contribution in [-0.2, 0) is 11.2 Å². The Labute approximate surface area is 244 Å². The van der Waals surface area contributed by atoms with Gasteiger partial charge in [-0.1, -0.05) is 35.0 Å². The number of aryl methyl sites for hydroxylation is 2. The number of fused-ring (bicyclic) bond motifs is 1. The van der Waals surface area contributed by atoms with Crippen molar-refractivity contribution in [2.24, 2.45) is 5.10 Å². The molecule has 0 radical (unpaired) electrons. The van der Waals surface area contributed by atoms with Crippen LogP contribution in [0, 0.1) is 19.7 Å². The summed E-state index contributed by atoms with van der Waals surface area (Å²) in [5.74, 6) is 0.114. The van der Waals surface area contributed by atoms with Gasteiger partial charge in [0.15, 0.2) is 6.61 Å². The van der Waals surface area contributed by atoms with Crippen LogP contribution >= 0.6 is 15.9 Å². The molecule has 0 aliphatic heterocycles. The Morgan fingerprint density at radius 2 is 1.85 bits per heavy atom. The van der Waals surface area contributed by atoms with Crippen LogP contribution in [-0.4, -0.2) is 33.0 Å². The minimum absolute atomic E-state index is 0.107. The molecule has 0 fully saturated rings. The maximum atomic E-state index is 13.8. The summed E-state index contributed by atoms with van der Waals surface area (Å²) in [6.45, 7) is 5.65.